The molecule has 0 saturated carbocycles. The Labute approximate surface area is 115 Å². The Balaban J connectivity index is 1.94. The molecule has 0 spiro atoms. The van der Waals surface area contributed by atoms with Crippen molar-refractivity contribution in [2.75, 3.05) is 11.4 Å². The maximum absolute atomic E-state index is 12.4. The van der Waals surface area contributed by atoms with E-state index in [4.69, 9.17) is 5.11 Å². The number of hydrogen-bond acceptors (Lipinski definition) is 3. The van der Waals surface area contributed by atoms with E-state index in [1.807, 2.05) is 0 Å². The van der Waals surface area contributed by atoms with Gasteiger partial charge in [-0.2, -0.15) is 0 Å². The second kappa shape index (κ2) is 4.77. The monoisotopic (exact) mass is 268 g/mol. The van der Waals surface area contributed by atoms with Gasteiger partial charge >= 0.3 is 5.97 Å². The molecule has 1 aliphatic rings. The van der Waals surface area contributed by atoms with Crippen LogP contribution in [0.2, 0.25) is 0 Å². The summed E-state index contributed by atoms with van der Waals surface area (Å²) in [6, 6.07) is 8.21. The third-order valence-corrected chi connectivity index (χ3v) is 3.39. The summed E-state index contributed by atoms with van der Waals surface area (Å²) in [4.78, 5) is 28.9. The van der Waals surface area contributed by atoms with Crippen molar-refractivity contribution in [3.8, 4) is 0 Å². The predicted octanol–water partition coefficient (Wildman–Crippen LogP) is 1.98. The molecule has 5 heteroatoms. The molecule has 0 aliphatic carbocycles. The van der Waals surface area contributed by atoms with Gasteiger partial charge in [0.2, 0.25) is 0 Å². The number of rotatable bonds is 2. The summed E-state index contributed by atoms with van der Waals surface area (Å²) in [5, 5.41) is 8.98. The standard InChI is InChI=1S/C15H12N2O3/c18-14(10-3-6-16-7-4-10)17-8-5-11-9-12(15(19)20)1-2-13(11)17/h1-4,6-7,9H,5,8H2,(H,19,20). The second-order valence-electron chi connectivity index (χ2n) is 4.59. The van der Waals surface area contributed by atoms with Crippen LogP contribution in [0.25, 0.3) is 0 Å². The molecule has 1 N–H and O–H groups in total. The Morgan fingerprint density at radius 2 is 1.85 bits per heavy atom. The minimum absolute atomic E-state index is 0.0887. The molecule has 0 radical (unpaired) electrons. The number of carbonyl (C=O) groups is 2. The number of carbonyl (C=O) groups excluding carboxylic acids is 1. The maximum atomic E-state index is 12.4. The number of aromatic nitrogens is 1. The third kappa shape index (κ3) is 2.03. The zero-order valence-electron chi connectivity index (χ0n) is 10.6. The van der Waals surface area contributed by atoms with E-state index in [9.17, 15) is 9.59 Å². The number of carboxylic acids is 1. The molecule has 2 heterocycles. The molecule has 2 aromatic rings. The van der Waals surface area contributed by atoms with Gasteiger partial charge in [0.25, 0.3) is 5.91 Å². The summed E-state index contributed by atoms with van der Waals surface area (Å²) in [6.07, 6.45) is 3.84. The minimum atomic E-state index is -0.952. The van der Waals surface area contributed by atoms with E-state index in [1.54, 1.807) is 41.6 Å². The molecule has 1 aromatic heterocycles. The van der Waals surface area contributed by atoms with Crippen molar-refractivity contribution in [3.05, 3.63) is 59.4 Å². The quantitative estimate of drug-likeness (QED) is 0.904. The molecular weight excluding hydrogens is 256 g/mol. The zero-order chi connectivity index (χ0) is 14.1. The van der Waals surface area contributed by atoms with Crippen LogP contribution in [-0.2, 0) is 6.42 Å². The second-order valence-corrected chi connectivity index (χ2v) is 4.59. The van der Waals surface area contributed by atoms with Crippen LogP contribution in [0.15, 0.2) is 42.7 Å². The van der Waals surface area contributed by atoms with E-state index in [2.05, 4.69) is 4.98 Å². The lowest BCUT2D eigenvalue weighted by Gasteiger charge is -2.17. The van der Waals surface area contributed by atoms with Crippen LogP contribution >= 0.6 is 0 Å². The van der Waals surface area contributed by atoms with Crippen molar-refractivity contribution in [2.45, 2.75) is 6.42 Å². The first-order chi connectivity index (χ1) is 9.66. The van der Waals surface area contributed by atoms with E-state index in [-0.39, 0.29) is 11.5 Å². The normalized spacial score (nSPS) is 13.1. The number of amides is 1. The fraction of sp³-hybridized carbons (Fsp3) is 0.133. The number of anilines is 1. The fourth-order valence-corrected chi connectivity index (χ4v) is 2.40. The van der Waals surface area contributed by atoms with E-state index in [0.29, 0.717) is 18.5 Å². The number of hydrogen-bond donors (Lipinski definition) is 1. The van der Waals surface area contributed by atoms with Gasteiger partial charge in [-0.3, -0.25) is 9.78 Å². The van der Waals surface area contributed by atoms with Crippen molar-refractivity contribution in [3.63, 3.8) is 0 Å². The van der Waals surface area contributed by atoms with Crippen LogP contribution in [-0.4, -0.2) is 28.5 Å². The molecule has 0 unspecified atom stereocenters. The van der Waals surface area contributed by atoms with Crippen molar-refractivity contribution in [1.82, 2.24) is 4.98 Å². The summed E-state index contributed by atoms with van der Waals surface area (Å²) in [5.41, 5.74) is 2.52. The number of pyridine rings is 1. The largest absolute Gasteiger partial charge is 0.478 e. The van der Waals surface area contributed by atoms with Gasteiger partial charge in [-0.05, 0) is 42.3 Å². The van der Waals surface area contributed by atoms with Gasteiger partial charge in [-0.1, -0.05) is 0 Å². The third-order valence-electron chi connectivity index (χ3n) is 3.39. The summed E-state index contributed by atoms with van der Waals surface area (Å²) in [6.45, 7) is 0.569. The van der Waals surface area contributed by atoms with Crippen LogP contribution in [0.1, 0.15) is 26.3 Å². The lowest BCUT2D eigenvalue weighted by Crippen LogP contribution is -2.28. The highest BCUT2D eigenvalue weighted by Gasteiger charge is 2.26. The van der Waals surface area contributed by atoms with E-state index < -0.39 is 5.97 Å². The van der Waals surface area contributed by atoms with Gasteiger partial charge < -0.3 is 10.0 Å². The molecule has 20 heavy (non-hydrogen) atoms. The van der Waals surface area contributed by atoms with Gasteiger partial charge in [0.15, 0.2) is 0 Å². The lowest BCUT2D eigenvalue weighted by molar-refractivity contribution is 0.0696. The molecule has 1 aromatic carbocycles. The van der Waals surface area contributed by atoms with E-state index in [0.717, 1.165) is 11.3 Å². The molecule has 100 valence electrons. The van der Waals surface area contributed by atoms with Crippen molar-refractivity contribution in [2.24, 2.45) is 0 Å². The van der Waals surface area contributed by atoms with E-state index in [1.165, 1.54) is 6.07 Å². The highest BCUT2D eigenvalue weighted by molar-refractivity contribution is 6.07. The van der Waals surface area contributed by atoms with E-state index >= 15 is 0 Å². The Kier molecular flexibility index (Phi) is 2.95. The molecular formula is C15H12N2O3. The first-order valence-electron chi connectivity index (χ1n) is 6.25. The Bertz CT molecular complexity index is 683. The topological polar surface area (TPSA) is 70.5 Å². The molecule has 0 bridgehead atoms. The first-order valence-corrected chi connectivity index (χ1v) is 6.25. The highest BCUT2D eigenvalue weighted by Crippen LogP contribution is 2.30. The molecule has 0 fully saturated rings. The number of nitrogens with zero attached hydrogens (tertiary/aromatic N) is 2. The van der Waals surface area contributed by atoms with Crippen LogP contribution in [0.3, 0.4) is 0 Å². The van der Waals surface area contributed by atoms with Crippen LogP contribution in [0.4, 0.5) is 5.69 Å². The van der Waals surface area contributed by atoms with Crippen LogP contribution in [0, 0.1) is 0 Å². The fourth-order valence-electron chi connectivity index (χ4n) is 2.40. The number of benzene rings is 1. The SMILES string of the molecule is O=C(O)c1ccc2c(c1)CCN2C(=O)c1ccncc1. The van der Waals surface area contributed by atoms with Gasteiger partial charge in [0.05, 0.1) is 5.56 Å². The maximum Gasteiger partial charge on any atom is 0.335 e. The predicted molar refractivity (Wildman–Crippen MR) is 73.0 cm³/mol. The van der Waals surface area contributed by atoms with Gasteiger partial charge in [-0.15, -0.1) is 0 Å². The van der Waals surface area contributed by atoms with Crippen LogP contribution in [0.5, 0.6) is 0 Å². The number of aromatic carboxylic acids is 1. The van der Waals surface area contributed by atoms with Crippen molar-refractivity contribution in [1.29, 1.82) is 0 Å². The summed E-state index contributed by atoms with van der Waals surface area (Å²) < 4.78 is 0. The molecule has 1 amide bonds. The number of fused-ring (bicyclic) bond motifs is 1. The Morgan fingerprint density at radius 1 is 1.10 bits per heavy atom. The molecule has 5 nitrogen and oxygen atoms in total. The zero-order valence-corrected chi connectivity index (χ0v) is 10.6. The van der Waals surface area contributed by atoms with Gasteiger partial charge in [-0.25, -0.2) is 4.79 Å². The lowest BCUT2D eigenvalue weighted by atomic mass is 10.1. The Hall–Kier alpha value is -2.69. The van der Waals surface area contributed by atoms with Gasteiger partial charge in [0, 0.05) is 30.2 Å². The van der Waals surface area contributed by atoms with Gasteiger partial charge in [0.1, 0.15) is 0 Å². The average Bonchev–Trinajstić information content (AvgIpc) is 2.90. The molecule has 0 atom stereocenters. The molecule has 3 rings (SSSR count). The Morgan fingerprint density at radius 3 is 2.55 bits per heavy atom. The first kappa shape index (κ1) is 12.3. The summed E-state index contributed by atoms with van der Waals surface area (Å²) in [5.74, 6) is -1.04. The smallest absolute Gasteiger partial charge is 0.335 e. The van der Waals surface area contributed by atoms with Crippen molar-refractivity contribution >= 4 is 17.6 Å². The molecule has 0 saturated heterocycles. The summed E-state index contributed by atoms with van der Waals surface area (Å²) >= 11 is 0. The van der Waals surface area contributed by atoms with Crippen LogP contribution < -0.4 is 4.90 Å². The van der Waals surface area contributed by atoms with Crippen molar-refractivity contribution < 1.29 is 14.7 Å². The highest BCUT2D eigenvalue weighted by atomic mass is 16.4. The minimum Gasteiger partial charge on any atom is -0.478 e. The number of carboxylic acid groups (broad SMARTS) is 1. The summed E-state index contributed by atoms with van der Waals surface area (Å²) in [7, 11) is 0. The molecule has 1 aliphatic heterocycles. The average molecular weight is 268 g/mol.